The number of nitrogens with zero attached hydrogens (tertiary/aromatic N) is 3. The van der Waals surface area contributed by atoms with Crippen LogP contribution < -0.4 is 9.80 Å². The minimum Gasteiger partial charge on any atom is -0.368 e. The van der Waals surface area contributed by atoms with Gasteiger partial charge in [-0.15, -0.1) is 0 Å². The van der Waals surface area contributed by atoms with Gasteiger partial charge in [0.05, 0.1) is 11.4 Å². The van der Waals surface area contributed by atoms with Crippen LogP contribution >= 0.6 is 11.8 Å². The summed E-state index contributed by atoms with van der Waals surface area (Å²) in [5, 5.41) is 0. The third-order valence-corrected chi connectivity index (χ3v) is 7.22. The van der Waals surface area contributed by atoms with E-state index in [-0.39, 0.29) is 6.03 Å². The second kappa shape index (κ2) is 7.73. The van der Waals surface area contributed by atoms with Crippen molar-refractivity contribution in [2.75, 3.05) is 36.0 Å². The maximum Gasteiger partial charge on any atom is 0.329 e. The Hall–Kier alpha value is -2.92. The normalized spacial score (nSPS) is 15.6. The number of anilines is 3. The van der Waals surface area contributed by atoms with Gasteiger partial charge in [-0.3, -0.25) is 4.90 Å². The first-order valence-corrected chi connectivity index (χ1v) is 11.2. The van der Waals surface area contributed by atoms with Gasteiger partial charge in [0, 0.05) is 41.7 Å². The lowest BCUT2D eigenvalue weighted by molar-refractivity contribution is 0.203. The minimum absolute atomic E-state index is 0.0656. The van der Waals surface area contributed by atoms with Crippen molar-refractivity contribution in [3.63, 3.8) is 0 Å². The second-order valence-corrected chi connectivity index (χ2v) is 8.93. The molecule has 30 heavy (non-hydrogen) atoms. The Kier molecular flexibility index (Phi) is 4.91. The first-order chi connectivity index (χ1) is 14.6. The van der Waals surface area contributed by atoms with Crippen LogP contribution in [0.15, 0.2) is 76.5 Å². The molecule has 4 nitrogen and oxygen atoms in total. The topological polar surface area (TPSA) is 26.8 Å². The van der Waals surface area contributed by atoms with E-state index in [2.05, 4.69) is 49.1 Å². The SMILES string of the molecule is Cc1cccc(N2CCN(C(=O)N3c4ccccc4Sc4ccccc43)CC2)c1C. The summed E-state index contributed by atoms with van der Waals surface area (Å²) in [4.78, 5) is 22.2. The fourth-order valence-electron chi connectivity index (χ4n) is 4.27. The van der Waals surface area contributed by atoms with Crippen LogP contribution in [0.2, 0.25) is 0 Å². The summed E-state index contributed by atoms with van der Waals surface area (Å²) in [5.74, 6) is 0. The maximum atomic E-state index is 13.7. The van der Waals surface area contributed by atoms with Gasteiger partial charge in [-0.2, -0.15) is 0 Å². The summed E-state index contributed by atoms with van der Waals surface area (Å²) in [5.41, 5.74) is 5.87. The number of hydrogen-bond acceptors (Lipinski definition) is 3. The van der Waals surface area contributed by atoms with E-state index in [4.69, 9.17) is 0 Å². The molecule has 2 amide bonds. The molecule has 2 aliphatic rings. The molecular weight excluding hydrogens is 390 g/mol. The van der Waals surface area contributed by atoms with Gasteiger partial charge in [0.1, 0.15) is 0 Å². The van der Waals surface area contributed by atoms with Gasteiger partial charge >= 0.3 is 6.03 Å². The molecule has 0 radical (unpaired) electrons. The molecule has 0 unspecified atom stereocenters. The van der Waals surface area contributed by atoms with E-state index in [1.54, 1.807) is 11.8 Å². The van der Waals surface area contributed by atoms with Crippen molar-refractivity contribution in [3.8, 4) is 0 Å². The number of carbonyl (C=O) groups excluding carboxylic acids is 1. The van der Waals surface area contributed by atoms with Crippen LogP contribution in [-0.4, -0.2) is 37.1 Å². The molecule has 0 bridgehead atoms. The Labute approximate surface area is 182 Å². The van der Waals surface area contributed by atoms with E-state index < -0.39 is 0 Å². The summed E-state index contributed by atoms with van der Waals surface area (Å²) in [6.07, 6.45) is 0. The molecule has 3 aromatic carbocycles. The van der Waals surface area contributed by atoms with Gasteiger partial charge in [-0.25, -0.2) is 4.79 Å². The van der Waals surface area contributed by atoms with Gasteiger partial charge in [0.25, 0.3) is 0 Å². The summed E-state index contributed by atoms with van der Waals surface area (Å²) in [6, 6.07) is 22.9. The van der Waals surface area contributed by atoms with E-state index in [1.165, 1.54) is 16.8 Å². The number of benzene rings is 3. The largest absolute Gasteiger partial charge is 0.368 e. The highest BCUT2D eigenvalue weighted by atomic mass is 32.2. The zero-order valence-corrected chi connectivity index (χ0v) is 18.2. The molecule has 0 aliphatic carbocycles. The van der Waals surface area contributed by atoms with Crippen molar-refractivity contribution in [3.05, 3.63) is 77.9 Å². The van der Waals surface area contributed by atoms with Crippen molar-refractivity contribution in [1.29, 1.82) is 0 Å². The fraction of sp³-hybridized carbons (Fsp3) is 0.240. The summed E-state index contributed by atoms with van der Waals surface area (Å²) >= 11 is 1.73. The third-order valence-electron chi connectivity index (χ3n) is 6.09. The van der Waals surface area contributed by atoms with Gasteiger partial charge in [-0.05, 0) is 55.3 Å². The Bertz CT molecular complexity index is 1060. The van der Waals surface area contributed by atoms with E-state index in [1.807, 2.05) is 46.2 Å². The quantitative estimate of drug-likeness (QED) is 0.499. The van der Waals surface area contributed by atoms with Crippen LogP contribution in [0, 0.1) is 13.8 Å². The average molecular weight is 416 g/mol. The lowest BCUT2D eigenvalue weighted by Crippen LogP contribution is -2.52. The molecule has 0 aromatic heterocycles. The Morgan fingerprint density at radius 2 is 1.30 bits per heavy atom. The molecule has 0 atom stereocenters. The highest BCUT2D eigenvalue weighted by Crippen LogP contribution is 2.48. The number of carbonyl (C=O) groups is 1. The fourth-order valence-corrected chi connectivity index (χ4v) is 5.33. The molecule has 2 heterocycles. The number of para-hydroxylation sites is 2. The van der Waals surface area contributed by atoms with Gasteiger partial charge in [0.15, 0.2) is 0 Å². The van der Waals surface area contributed by atoms with Crippen molar-refractivity contribution >= 4 is 34.9 Å². The molecule has 1 saturated heterocycles. The number of piperazine rings is 1. The average Bonchev–Trinajstić information content (AvgIpc) is 2.79. The number of amides is 2. The highest BCUT2D eigenvalue weighted by molar-refractivity contribution is 7.99. The van der Waals surface area contributed by atoms with Crippen LogP contribution in [0.3, 0.4) is 0 Å². The molecule has 0 spiro atoms. The summed E-state index contributed by atoms with van der Waals surface area (Å²) < 4.78 is 0. The van der Waals surface area contributed by atoms with Gasteiger partial charge in [-0.1, -0.05) is 48.2 Å². The van der Waals surface area contributed by atoms with Gasteiger partial charge in [0.2, 0.25) is 0 Å². The molecular formula is C25H25N3OS. The van der Waals surface area contributed by atoms with Crippen molar-refractivity contribution in [1.82, 2.24) is 4.90 Å². The number of urea groups is 1. The molecule has 5 rings (SSSR count). The van der Waals surface area contributed by atoms with Crippen LogP contribution in [0.4, 0.5) is 21.9 Å². The lowest BCUT2D eigenvalue weighted by atomic mass is 10.1. The van der Waals surface area contributed by atoms with Crippen molar-refractivity contribution in [2.24, 2.45) is 0 Å². The number of aryl methyl sites for hydroxylation is 1. The molecule has 2 aliphatic heterocycles. The summed E-state index contributed by atoms with van der Waals surface area (Å²) in [7, 11) is 0. The molecule has 1 fully saturated rings. The zero-order chi connectivity index (χ0) is 20.7. The first-order valence-electron chi connectivity index (χ1n) is 10.4. The zero-order valence-electron chi connectivity index (χ0n) is 17.3. The number of rotatable bonds is 1. The Morgan fingerprint density at radius 3 is 1.93 bits per heavy atom. The van der Waals surface area contributed by atoms with Crippen molar-refractivity contribution in [2.45, 2.75) is 23.6 Å². The van der Waals surface area contributed by atoms with Crippen LogP contribution in [0.25, 0.3) is 0 Å². The first kappa shape index (κ1) is 19.1. The molecule has 0 saturated carbocycles. The number of fused-ring (bicyclic) bond motifs is 2. The maximum absolute atomic E-state index is 13.7. The second-order valence-electron chi connectivity index (χ2n) is 7.85. The van der Waals surface area contributed by atoms with Crippen molar-refractivity contribution < 1.29 is 4.79 Å². The van der Waals surface area contributed by atoms with Crippen LogP contribution in [0.5, 0.6) is 0 Å². The number of hydrogen-bond donors (Lipinski definition) is 0. The Morgan fingerprint density at radius 1 is 0.733 bits per heavy atom. The highest BCUT2D eigenvalue weighted by Gasteiger charge is 2.32. The molecule has 152 valence electrons. The minimum atomic E-state index is 0.0656. The predicted molar refractivity (Wildman–Crippen MR) is 124 cm³/mol. The van der Waals surface area contributed by atoms with Gasteiger partial charge < -0.3 is 9.80 Å². The Balaban J connectivity index is 1.40. The monoisotopic (exact) mass is 415 g/mol. The molecule has 0 N–H and O–H groups in total. The standard InChI is InChI=1S/C25H25N3OS/c1-18-8-7-11-20(19(18)2)26-14-16-27(17-15-26)25(29)28-21-9-3-5-12-23(21)30-24-13-6-4-10-22(24)28/h3-13H,14-17H2,1-2H3. The van der Waals surface area contributed by atoms with Crippen LogP contribution in [-0.2, 0) is 0 Å². The van der Waals surface area contributed by atoms with E-state index in [0.29, 0.717) is 0 Å². The molecule has 3 aromatic rings. The van der Waals surface area contributed by atoms with E-state index >= 15 is 0 Å². The lowest BCUT2D eigenvalue weighted by Gasteiger charge is -2.40. The van der Waals surface area contributed by atoms with Crippen LogP contribution in [0.1, 0.15) is 11.1 Å². The smallest absolute Gasteiger partial charge is 0.329 e. The third kappa shape index (κ3) is 3.23. The molecule has 5 heteroatoms. The summed E-state index contributed by atoms with van der Waals surface area (Å²) in [6.45, 7) is 7.48. The predicted octanol–water partition coefficient (Wildman–Crippen LogP) is 5.85. The van der Waals surface area contributed by atoms with E-state index in [0.717, 1.165) is 47.3 Å². The van der Waals surface area contributed by atoms with E-state index in [9.17, 15) is 4.79 Å².